The van der Waals surface area contributed by atoms with Gasteiger partial charge in [0, 0.05) is 17.2 Å². The Morgan fingerprint density at radius 2 is 1.69 bits per heavy atom. The molecule has 7 heteroatoms. The largest absolute Gasteiger partial charge is 0.497 e. The number of esters is 1. The van der Waals surface area contributed by atoms with E-state index in [2.05, 4.69) is 5.32 Å². The minimum atomic E-state index is -0.440. The maximum atomic E-state index is 12.6. The summed E-state index contributed by atoms with van der Waals surface area (Å²) in [5.74, 6) is 0.0102. The van der Waals surface area contributed by atoms with E-state index in [0.29, 0.717) is 21.9 Å². The molecule has 0 radical (unpaired) electrons. The number of thioether (sulfide) groups is 1. The van der Waals surface area contributed by atoms with Crippen LogP contribution in [-0.4, -0.2) is 43.6 Å². The summed E-state index contributed by atoms with van der Waals surface area (Å²) >= 11 is 1.16. The normalized spacial score (nSPS) is 10.9. The van der Waals surface area contributed by atoms with Gasteiger partial charge in [-0.25, -0.2) is 0 Å². The van der Waals surface area contributed by atoms with Crippen molar-refractivity contribution in [3.63, 3.8) is 0 Å². The number of carbonyl (C=O) groups is 3. The van der Waals surface area contributed by atoms with E-state index in [1.54, 1.807) is 62.6 Å². The van der Waals surface area contributed by atoms with Crippen LogP contribution in [0.1, 0.15) is 27.6 Å². The molecule has 0 aliphatic heterocycles. The van der Waals surface area contributed by atoms with Gasteiger partial charge in [-0.05, 0) is 31.2 Å². The van der Waals surface area contributed by atoms with Crippen LogP contribution in [0.25, 0.3) is 0 Å². The second-order valence-corrected chi connectivity index (χ2v) is 6.85. The van der Waals surface area contributed by atoms with Crippen molar-refractivity contribution >= 4 is 29.3 Å². The molecule has 0 atom stereocenters. The molecule has 152 valence electrons. The number of rotatable bonds is 11. The molecule has 0 aliphatic rings. The molecule has 29 heavy (non-hydrogen) atoms. The third-order valence-electron chi connectivity index (χ3n) is 3.80. The van der Waals surface area contributed by atoms with Crippen LogP contribution >= 0.6 is 11.8 Å². The number of nitrogens with one attached hydrogen (secondary N) is 1. The zero-order chi connectivity index (χ0) is 21.1. The highest BCUT2D eigenvalue weighted by Crippen LogP contribution is 2.18. The number of hydrogen-bond acceptors (Lipinski definition) is 7. The van der Waals surface area contributed by atoms with Gasteiger partial charge in [-0.3, -0.25) is 14.4 Å². The van der Waals surface area contributed by atoms with E-state index in [0.717, 1.165) is 11.8 Å². The van der Waals surface area contributed by atoms with Gasteiger partial charge in [0.15, 0.2) is 11.6 Å². The van der Waals surface area contributed by atoms with Gasteiger partial charge >= 0.3 is 5.97 Å². The Morgan fingerprint density at radius 3 is 2.31 bits per heavy atom. The molecule has 6 nitrogen and oxygen atoms in total. The molecule has 2 aromatic rings. The Kier molecular flexibility index (Phi) is 8.98. The third kappa shape index (κ3) is 7.46. The minimum absolute atomic E-state index is 0.0728. The fraction of sp³-hybridized carbons (Fsp3) is 0.227. The molecule has 0 spiro atoms. The number of carbonyl (C=O) groups excluding carboxylic acids is 3. The van der Waals surface area contributed by atoms with Crippen LogP contribution in [0.15, 0.2) is 65.7 Å². The third-order valence-corrected chi connectivity index (χ3v) is 4.78. The van der Waals surface area contributed by atoms with Crippen molar-refractivity contribution in [3.8, 4) is 5.75 Å². The lowest BCUT2D eigenvalue weighted by molar-refractivity contribution is -0.141. The van der Waals surface area contributed by atoms with Crippen molar-refractivity contribution in [3.05, 3.63) is 76.8 Å². The number of Topliss-reactive ketones (excluding diaryl/α,β-unsaturated/α-hetero) is 1. The molecule has 0 bridgehead atoms. The summed E-state index contributed by atoms with van der Waals surface area (Å²) in [5.41, 5.74) is 1.06. The van der Waals surface area contributed by atoms with Crippen molar-refractivity contribution in [2.24, 2.45) is 0 Å². The molecule has 0 amide bonds. The highest BCUT2D eigenvalue weighted by molar-refractivity contribution is 8.03. The van der Waals surface area contributed by atoms with Gasteiger partial charge in [0.05, 0.1) is 24.5 Å². The Balaban J connectivity index is 2.09. The van der Waals surface area contributed by atoms with Crippen LogP contribution in [0.5, 0.6) is 5.75 Å². The minimum Gasteiger partial charge on any atom is -0.497 e. The molecular formula is C22H23NO5S. The van der Waals surface area contributed by atoms with E-state index < -0.39 is 5.97 Å². The molecule has 0 saturated heterocycles. The van der Waals surface area contributed by atoms with Crippen molar-refractivity contribution in [1.29, 1.82) is 0 Å². The summed E-state index contributed by atoms with van der Waals surface area (Å²) in [5, 5.41) is 3.31. The van der Waals surface area contributed by atoms with Gasteiger partial charge < -0.3 is 14.8 Å². The van der Waals surface area contributed by atoms with E-state index in [-0.39, 0.29) is 30.5 Å². The predicted octanol–water partition coefficient (Wildman–Crippen LogP) is 3.49. The number of hydrogen-bond donors (Lipinski definition) is 1. The van der Waals surface area contributed by atoms with E-state index in [1.807, 2.05) is 6.07 Å². The molecule has 0 fully saturated rings. The molecule has 2 aromatic carbocycles. The topological polar surface area (TPSA) is 81.7 Å². The zero-order valence-electron chi connectivity index (χ0n) is 16.3. The van der Waals surface area contributed by atoms with Crippen molar-refractivity contribution in [1.82, 2.24) is 5.32 Å². The van der Waals surface area contributed by atoms with Gasteiger partial charge in [-0.15, -0.1) is 11.8 Å². The van der Waals surface area contributed by atoms with Gasteiger partial charge in [0.2, 0.25) is 0 Å². The fourth-order valence-corrected chi connectivity index (χ4v) is 3.14. The molecule has 0 heterocycles. The highest BCUT2D eigenvalue weighted by Gasteiger charge is 2.12. The quantitative estimate of drug-likeness (QED) is 0.343. The Bertz CT molecular complexity index is 863. The van der Waals surface area contributed by atoms with E-state index >= 15 is 0 Å². The molecule has 1 N–H and O–H groups in total. The summed E-state index contributed by atoms with van der Waals surface area (Å²) in [6.45, 7) is 1.89. The Morgan fingerprint density at radius 1 is 1.00 bits per heavy atom. The van der Waals surface area contributed by atoms with Gasteiger partial charge in [-0.2, -0.15) is 0 Å². The summed E-state index contributed by atoms with van der Waals surface area (Å²) in [6.07, 6.45) is 1.38. The average Bonchev–Trinajstić information content (AvgIpc) is 2.76. The maximum Gasteiger partial charge on any atom is 0.325 e. The fourth-order valence-electron chi connectivity index (χ4n) is 2.32. The standard InChI is InChI=1S/C22H23NO5S/c1-3-28-22(26)14-23-21(29-15-20(25)16-7-5-4-6-8-16)13-19(24)17-9-11-18(27-2)12-10-17/h4-13,23H,3,14-15H2,1-2H3/b21-13+. The number of methoxy groups -OCH3 is 1. The van der Waals surface area contributed by atoms with Crippen molar-refractivity contribution in [2.75, 3.05) is 26.0 Å². The van der Waals surface area contributed by atoms with E-state index in [9.17, 15) is 14.4 Å². The van der Waals surface area contributed by atoms with Crippen LogP contribution in [0, 0.1) is 0 Å². The number of allylic oxidation sites excluding steroid dienone is 1. The van der Waals surface area contributed by atoms with E-state index in [1.165, 1.54) is 6.08 Å². The van der Waals surface area contributed by atoms with Crippen LogP contribution in [0.2, 0.25) is 0 Å². The number of benzene rings is 2. The first-order valence-corrected chi connectivity index (χ1v) is 10.0. The maximum absolute atomic E-state index is 12.6. The first-order chi connectivity index (χ1) is 14.0. The van der Waals surface area contributed by atoms with Crippen LogP contribution in [0.4, 0.5) is 0 Å². The van der Waals surface area contributed by atoms with Crippen molar-refractivity contribution in [2.45, 2.75) is 6.92 Å². The van der Waals surface area contributed by atoms with E-state index in [4.69, 9.17) is 9.47 Å². The molecule has 0 saturated carbocycles. The molecule has 0 aromatic heterocycles. The van der Waals surface area contributed by atoms with Gasteiger partial charge in [0.25, 0.3) is 0 Å². The number of ether oxygens (including phenoxy) is 2. The monoisotopic (exact) mass is 413 g/mol. The van der Waals surface area contributed by atoms with Crippen LogP contribution in [-0.2, 0) is 9.53 Å². The second kappa shape index (κ2) is 11.7. The number of ketones is 2. The summed E-state index contributed by atoms with van der Waals surface area (Å²) in [7, 11) is 1.55. The summed E-state index contributed by atoms with van der Waals surface area (Å²) in [6, 6.07) is 15.6. The Hall–Kier alpha value is -3.06. The second-order valence-electron chi connectivity index (χ2n) is 5.84. The molecular weight excluding hydrogens is 390 g/mol. The zero-order valence-corrected chi connectivity index (χ0v) is 17.2. The molecule has 0 aliphatic carbocycles. The lowest BCUT2D eigenvalue weighted by Gasteiger charge is -2.10. The first-order valence-electron chi connectivity index (χ1n) is 9.04. The Labute approximate surface area is 174 Å². The van der Waals surface area contributed by atoms with Crippen molar-refractivity contribution < 1.29 is 23.9 Å². The SMILES string of the molecule is CCOC(=O)CN/C(=C\C(=O)c1ccc(OC)cc1)SCC(=O)c1ccccc1. The predicted molar refractivity (Wildman–Crippen MR) is 113 cm³/mol. The van der Waals surface area contributed by atoms with Gasteiger partial charge in [0.1, 0.15) is 12.3 Å². The smallest absolute Gasteiger partial charge is 0.325 e. The lowest BCUT2D eigenvalue weighted by Crippen LogP contribution is -2.24. The molecule has 2 rings (SSSR count). The lowest BCUT2D eigenvalue weighted by atomic mass is 10.1. The summed E-state index contributed by atoms with van der Waals surface area (Å²) in [4.78, 5) is 36.6. The van der Waals surface area contributed by atoms with Crippen LogP contribution in [0.3, 0.4) is 0 Å². The van der Waals surface area contributed by atoms with Crippen LogP contribution < -0.4 is 10.1 Å². The first kappa shape index (κ1) is 22.2. The average molecular weight is 413 g/mol. The van der Waals surface area contributed by atoms with Gasteiger partial charge in [-0.1, -0.05) is 30.3 Å². The highest BCUT2D eigenvalue weighted by atomic mass is 32.2. The molecule has 0 unspecified atom stereocenters. The summed E-state index contributed by atoms with van der Waals surface area (Å²) < 4.78 is 9.99.